The van der Waals surface area contributed by atoms with Gasteiger partial charge in [-0.2, -0.15) is 5.10 Å². The van der Waals surface area contributed by atoms with Crippen LogP contribution in [0.2, 0.25) is 0 Å². The maximum Gasteiger partial charge on any atom is 0.216 e. The van der Waals surface area contributed by atoms with Crippen LogP contribution in [0.5, 0.6) is 5.75 Å². The first kappa shape index (κ1) is 15.0. The number of aryl methyl sites for hydroxylation is 1. The Kier molecular flexibility index (Phi) is 4.81. The van der Waals surface area contributed by atoms with E-state index in [0.717, 1.165) is 32.1 Å². The third-order valence-electron chi connectivity index (χ3n) is 4.14. The van der Waals surface area contributed by atoms with Crippen molar-refractivity contribution >= 4 is 5.78 Å². The van der Waals surface area contributed by atoms with Crippen molar-refractivity contribution in [1.29, 1.82) is 0 Å². The fraction of sp³-hybridized carbons (Fsp3) is 0.733. The molecule has 0 spiro atoms. The molecule has 0 unspecified atom stereocenters. The van der Waals surface area contributed by atoms with Gasteiger partial charge in [0.05, 0.1) is 13.3 Å². The van der Waals surface area contributed by atoms with E-state index >= 15 is 0 Å². The largest absolute Gasteiger partial charge is 0.493 e. The lowest BCUT2D eigenvalue weighted by Gasteiger charge is -2.34. The molecular weight excluding hydrogens is 256 g/mol. The Hall–Kier alpha value is -1.36. The number of carbonyl (C=O) groups excluding carboxylic acids is 1. The number of nitrogens with zero attached hydrogens (tertiary/aromatic N) is 2. The smallest absolute Gasteiger partial charge is 0.216 e. The van der Waals surface area contributed by atoms with Crippen molar-refractivity contribution in [3.05, 3.63) is 11.9 Å². The zero-order valence-electron chi connectivity index (χ0n) is 12.6. The molecule has 1 saturated carbocycles. The minimum atomic E-state index is -0.697. The number of ketones is 1. The highest BCUT2D eigenvalue weighted by molar-refractivity contribution is 6.03. The molecule has 0 saturated heterocycles. The molecule has 0 aliphatic heterocycles. The number of ether oxygens (including phenoxy) is 2. The third-order valence-corrected chi connectivity index (χ3v) is 4.14. The predicted molar refractivity (Wildman–Crippen MR) is 76.2 cm³/mol. The van der Waals surface area contributed by atoms with Crippen LogP contribution in [0.1, 0.15) is 55.9 Å². The molecule has 0 N–H and O–H groups in total. The summed E-state index contributed by atoms with van der Waals surface area (Å²) in [6.07, 6.45) is 7.34. The van der Waals surface area contributed by atoms with Crippen LogP contribution in [-0.2, 0) is 11.3 Å². The zero-order valence-corrected chi connectivity index (χ0v) is 12.6. The van der Waals surface area contributed by atoms with Crippen LogP contribution in [0.15, 0.2) is 6.20 Å². The number of carbonyl (C=O) groups is 1. The van der Waals surface area contributed by atoms with Gasteiger partial charge in [0.25, 0.3) is 0 Å². The molecule has 1 aromatic heterocycles. The summed E-state index contributed by atoms with van der Waals surface area (Å²) in [5.74, 6) is 0.563. The van der Waals surface area contributed by atoms with Crippen LogP contribution in [0.3, 0.4) is 0 Å². The van der Waals surface area contributed by atoms with Gasteiger partial charge in [-0.3, -0.25) is 9.48 Å². The average molecular weight is 280 g/mol. The summed E-state index contributed by atoms with van der Waals surface area (Å²) in [4.78, 5) is 13.0. The standard InChI is InChI=1S/C15H24N2O3/c1-4-10-17-13(12(19-2)11-16-17)14(18)15(20-3)8-6-5-7-9-15/h11H,4-10H2,1-3H3. The molecule has 0 aromatic carbocycles. The number of Topliss-reactive ketones (excluding diaryl/α,β-unsaturated/α-hetero) is 1. The van der Waals surface area contributed by atoms with Crippen molar-refractivity contribution in [3.63, 3.8) is 0 Å². The minimum Gasteiger partial charge on any atom is -0.493 e. The van der Waals surface area contributed by atoms with E-state index in [0.29, 0.717) is 18.0 Å². The van der Waals surface area contributed by atoms with Crippen molar-refractivity contribution < 1.29 is 14.3 Å². The van der Waals surface area contributed by atoms with Crippen molar-refractivity contribution in [3.8, 4) is 5.75 Å². The average Bonchev–Trinajstić information content (AvgIpc) is 2.90. The molecule has 0 atom stereocenters. The van der Waals surface area contributed by atoms with Gasteiger partial charge in [0.1, 0.15) is 11.3 Å². The Morgan fingerprint density at radius 3 is 2.60 bits per heavy atom. The molecule has 20 heavy (non-hydrogen) atoms. The SMILES string of the molecule is CCCn1ncc(OC)c1C(=O)C1(OC)CCCCC1. The van der Waals surface area contributed by atoms with Gasteiger partial charge in [0.15, 0.2) is 5.75 Å². The summed E-state index contributed by atoms with van der Waals surface area (Å²) in [7, 11) is 3.21. The van der Waals surface area contributed by atoms with Crippen molar-refractivity contribution in [2.24, 2.45) is 0 Å². The van der Waals surface area contributed by atoms with Gasteiger partial charge >= 0.3 is 0 Å². The van der Waals surface area contributed by atoms with Crippen LogP contribution in [0, 0.1) is 0 Å². The quantitative estimate of drug-likeness (QED) is 0.752. The molecule has 1 fully saturated rings. The normalized spacial score (nSPS) is 17.9. The molecule has 5 heteroatoms. The monoisotopic (exact) mass is 280 g/mol. The second kappa shape index (κ2) is 6.39. The van der Waals surface area contributed by atoms with E-state index < -0.39 is 5.60 Å². The molecule has 0 radical (unpaired) electrons. The van der Waals surface area contributed by atoms with Crippen LogP contribution in [0.4, 0.5) is 0 Å². The van der Waals surface area contributed by atoms with Gasteiger partial charge in [0, 0.05) is 13.7 Å². The number of hydrogen-bond donors (Lipinski definition) is 0. The molecule has 1 heterocycles. The lowest BCUT2D eigenvalue weighted by atomic mass is 9.80. The number of methoxy groups -OCH3 is 2. The molecule has 5 nitrogen and oxygen atoms in total. The number of rotatable bonds is 6. The van der Waals surface area contributed by atoms with Gasteiger partial charge in [-0.15, -0.1) is 0 Å². The molecule has 1 aromatic rings. The van der Waals surface area contributed by atoms with Crippen LogP contribution in [-0.4, -0.2) is 35.4 Å². The predicted octanol–water partition coefficient (Wildman–Crippen LogP) is 2.83. The summed E-state index contributed by atoms with van der Waals surface area (Å²) < 4.78 is 12.7. The van der Waals surface area contributed by atoms with E-state index in [1.165, 1.54) is 6.42 Å². The van der Waals surface area contributed by atoms with E-state index in [1.54, 1.807) is 25.1 Å². The highest BCUT2D eigenvalue weighted by Gasteiger charge is 2.42. The molecule has 112 valence electrons. The molecule has 0 amide bonds. The van der Waals surface area contributed by atoms with E-state index in [4.69, 9.17) is 9.47 Å². The Morgan fingerprint density at radius 2 is 2.05 bits per heavy atom. The maximum absolute atomic E-state index is 13.0. The first-order valence-electron chi connectivity index (χ1n) is 7.38. The Bertz CT molecular complexity index is 462. The van der Waals surface area contributed by atoms with E-state index in [9.17, 15) is 4.79 Å². The maximum atomic E-state index is 13.0. The second-order valence-corrected chi connectivity index (χ2v) is 5.37. The van der Waals surface area contributed by atoms with Crippen LogP contribution >= 0.6 is 0 Å². The van der Waals surface area contributed by atoms with E-state index in [2.05, 4.69) is 12.0 Å². The Labute approximate surface area is 120 Å². The van der Waals surface area contributed by atoms with Crippen molar-refractivity contribution in [2.75, 3.05) is 14.2 Å². The second-order valence-electron chi connectivity index (χ2n) is 5.37. The Morgan fingerprint density at radius 1 is 1.35 bits per heavy atom. The first-order chi connectivity index (χ1) is 9.68. The van der Waals surface area contributed by atoms with E-state index in [-0.39, 0.29) is 5.78 Å². The minimum absolute atomic E-state index is 0.0162. The fourth-order valence-electron chi connectivity index (χ4n) is 2.99. The lowest BCUT2D eigenvalue weighted by Crippen LogP contribution is -2.43. The topological polar surface area (TPSA) is 53.4 Å². The van der Waals surface area contributed by atoms with Gasteiger partial charge in [0.2, 0.25) is 5.78 Å². The lowest BCUT2D eigenvalue weighted by molar-refractivity contribution is -0.0203. The molecule has 0 bridgehead atoms. The van der Waals surface area contributed by atoms with Crippen molar-refractivity contribution in [2.45, 2.75) is 57.6 Å². The summed E-state index contributed by atoms with van der Waals surface area (Å²) >= 11 is 0. The van der Waals surface area contributed by atoms with Gasteiger partial charge < -0.3 is 9.47 Å². The van der Waals surface area contributed by atoms with Gasteiger partial charge in [-0.1, -0.05) is 26.2 Å². The zero-order chi connectivity index (χ0) is 14.6. The third kappa shape index (κ3) is 2.59. The summed E-state index contributed by atoms with van der Waals surface area (Å²) in [6, 6.07) is 0. The number of hydrogen-bond acceptors (Lipinski definition) is 4. The molecular formula is C15H24N2O3. The van der Waals surface area contributed by atoms with Crippen LogP contribution < -0.4 is 4.74 Å². The van der Waals surface area contributed by atoms with E-state index in [1.807, 2.05) is 0 Å². The van der Waals surface area contributed by atoms with Crippen LogP contribution in [0.25, 0.3) is 0 Å². The van der Waals surface area contributed by atoms with Gasteiger partial charge in [-0.25, -0.2) is 0 Å². The summed E-state index contributed by atoms with van der Waals surface area (Å²) in [5, 5.41) is 4.27. The molecule has 1 aliphatic rings. The molecule has 1 aliphatic carbocycles. The Balaban J connectivity index is 2.37. The van der Waals surface area contributed by atoms with Crippen molar-refractivity contribution in [1.82, 2.24) is 9.78 Å². The number of aromatic nitrogens is 2. The van der Waals surface area contributed by atoms with Gasteiger partial charge in [-0.05, 0) is 19.3 Å². The highest BCUT2D eigenvalue weighted by atomic mass is 16.5. The highest BCUT2D eigenvalue weighted by Crippen LogP contribution is 2.36. The fourth-order valence-corrected chi connectivity index (χ4v) is 2.99. The summed E-state index contributed by atoms with van der Waals surface area (Å²) in [5.41, 5.74) is -0.144. The molecule has 2 rings (SSSR count). The summed E-state index contributed by atoms with van der Waals surface area (Å²) in [6.45, 7) is 2.78. The first-order valence-corrected chi connectivity index (χ1v) is 7.38.